The van der Waals surface area contributed by atoms with Crippen LogP contribution in [0, 0.1) is 5.92 Å². The van der Waals surface area contributed by atoms with Gasteiger partial charge in [0.25, 0.3) is 0 Å². The maximum absolute atomic E-state index is 10.4. The molecule has 1 aromatic rings. The number of ether oxygens (including phenoxy) is 1. The molecule has 0 radical (unpaired) electrons. The van der Waals surface area contributed by atoms with E-state index in [1.165, 1.54) is 18.4 Å². The molecule has 86 valence electrons. The lowest BCUT2D eigenvalue weighted by Gasteiger charge is -2.45. The van der Waals surface area contributed by atoms with Gasteiger partial charge < -0.3 is 9.84 Å². The second kappa shape index (κ2) is 3.86. The van der Waals surface area contributed by atoms with Crippen LogP contribution in [0.1, 0.15) is 31.2 Å². The summed E-state index contributed by atoms with van der Waals surface area (Å²) in [7, 11) is 0. The first-order valence-electron chi connectivity index (χ1n) is 6.17. The molecule has 2 nitrogen and oxygen atoms in total. The first kappa shape index (κ1) is 10.3. The Labute approximate surface area is 96.2 Å². The van der Waals surface area contributed by atoms with Crippen molar-refractivity contribution in [2.24, 2.45) is 5.92 Å². The van der Waals surface area contributed by atoms with E-state index in [1.54, 1.807) is 0 Å². The number of rotatable bonds is 4. The highest BCUT2D eigenvalue weighted by atomic mass is 16.5. The van der Waals surface area contributed by atoms with Crippen LogP contribution in [0.4, 0.5) is 0 Å². The topological polar surface area (TPSA) is 29.5 Å². The minimum absolute atomic E-state index is 0.0696. The van der Waals surface area contributed by atoms with Gasteiger partial charge in [0.2, 0.25) is 0 Å². The van der Waals surface area contributed by atoms with Gasteiger partial charge in [-0.05, 0) is 37.2 Å². The lowest BCUT2D eigenvalue weighted by molar-refractivity contribution is -0.188. The van der Waals surface area contributed by atoms with E-state index in [-0.39, 0.29) is 6.10 Å². The Morgan fingerprint density at radius 2 is 1.94 bits per heavy atom. The molecule has 1 N–H and O–H groups in total. The van der Waals surface area contributed by atoms with Crippen molar-refractivity contribution in [3.8, 4) is 0 Å². The molecule has 0 aromatic heterocycles. The Bertz CT molecular complexity index is 358. The van der Waals surface area contributed by atoms with Gasteiger partial charge in [-0.1, -0.05) is 30.3 Å². The molecule has 0 aliphatic heterocycles. The summed E-state index contributed by atoms with van der Waals surface area (Å²) in [6.07, 6.45) is 4.38. The van der Waals surface area contributed by atoms with Crippen LogP contribution in [0.3, 0.4) is 0 Å². The zero-order valence-electron chi connectivity index (χ0n) is 9.43. The molecule has 2 fully saturated rings. The predicted molar refractivity (Wildman–Crippen MR) is 61.9 cm³/mol. The zero-order chi connectivity index (χ0) is 11.0. The molecule has 0 heterocycles. The van der Waals surface area contributed by atoms with E-state index in [9.17, 15) is 5.11 Å². The lowest BCUT2D eigenvalue weighted by atomic mass is 9.73. The van der Waals surface area contributed by atoms with Gasteiger partial charge >= 0.3 is 0 Å². The predicted octanol–water partition coefficient (Wildman–Crippen LogP) is 2.51. The van der Waals surface area contributed by atoms with Gasteiger partial charge in [-0.15, -0.1) is 0 Å². The smallest absolute Gasteiger partial charge is 0.0937 e. The first-order chi connectivity index (χ1) is 7.79. The Kier molecular flexibility index (Phi) is 2.49. The van der Waals surface area contributed by atoms with Crippen molar-refractivity contribution < 1.29 is 9.84 Å². The number of aliphatic hydroxyl groups is 1. The fourth-order valence-electron chi connectivity index (χ4n) is 2.61. The Balaban J connectivity index is 1.56. The summed E-state index contributed by atoms with van der Waals surface area (Å²) >= 11 is 0. The summed E-state index contributed by atoms with van der Waals surface area (Å²) < 4.78 is 5.83. The van der Waals surface area contributed by atoms with Gasteiger partial charge in [0, 0.05) is 0 Å². The SMILES string of the molecule is OC1(C2CC2)CCC1OCc1ccccc1. The fraction of sp³-hybridized carbons (Fsp3) is 0.571. The highest BCUT2D eigenvalue weighted by Crippen LogP contribution is 2.51. The molecule has 1 aromatic carbocycles. The second-order valence-corrected chi connectivity index (χ2v) is 5.09. The van der Waals surface area contributed by atoms with E-state index in [0.29, 0.717) is 12.5 Å². The number of benzene rings is 1. The third-order valence-corrected chi connectivity index (χ3v) is 3.94. The van der Waals surface area contributed by atoms with E-state index in [2.05, 4.69) is 12.1 Å². The molecule has 2 unspecified atom stereocenters. The Morgan fingerprint density at radius 1 is 1.19 bits per heavy atom. The minimum atomic E-state index is -0.491. The Hall–Kier alpha value is -0.860. The number of hydrogen-bond acceptors (Lipinski definition) is 2. The van der Waals surface area contributed by atoms with Gasteiger partial charge in [0.05, 0.1) is 18.3 Å². The average molecular weight is 218 g/mol. The quantitative estimate of drug-likeness (QED) is 0.841. The minimum Gasteiger partial charge on any atom is -0.387 e. The van der Waals surface area contributed by atoms with Crippen LogP contribution in [0.5, 0.6) is 0 Å². The van der Waals surface area contributed by atoms with Crippen molar-refractivity contribution in [2.75, 3.05) is 0 Å². The van der Waals surface area contributed by atoms with Crippen molar-refractivity contribution in [1.29, 1.82) is 0 Å². The maximum Gasteiger partial charge on any atom is 0.0937 e. The highest BCUT2D eigenvalue weighted by molar-refractivity contribution is 5.14. The molecule has 2 aliphatic carbocycles. The van der Waals surface area contributed by atoms with Gasteiger partial charge in [-0.3, -0.25) is 0 Å². The van der Waals surface area contributed by atoms with E-state index in [4.69, 9.17) is 4.74 Å². The van der Waals surface area contributed by atoms with Gasteiger partial charge in [0.1, 0.15) is 0 Å². The third-order valence-electron chi connectivity index (χ3n) is 3.94. The summed E-state index contributed by atoms with van der Waals surface area (Å²) in [5.41, 5.74) is 0.696. The number of hydrogen-bond donors (Lipinski definition) is 1. The van der Waals surface area contributed by atoms with E-state index < -0.39 is 5.60 Å². The van der Waals surface area contributed by atoms with Crippen molar-refractivity contribution >= 4 is 0 Å². The normalized spacial score (nSPS) is 33.4. The van der Waals surface area contributed by atoms with Gasteiger partial charge in [-0.25, -0.2) is 0 Å². The van der Waals surface area contributed by atoms with Crippen LogP contribution in [0.15, 0.2) is 30.3 Å². The maximum atomic E-state index is 10.4. The van der Waals surface area contributed by atoms with Crippen LogP contribution >= 0.6 is 0 Å². The van der Waals surface area contributed by atoms with Crippen molar-refractivity contribution in [3.63, 3.8) is 0 Å². The summed E-state index contributed by atoms with van der Waals surface area (Å²) in [4.78, 5) is 0. The molecular weight excluding hydrogens is 200 g/mol. The zero-order valence-corrected chi connectivity index (χ0v) is 9.43. The fourth-order valence-corrected chi connectivity index (χ4v) is 2.61. The van der Waals surface area contributed by atoms with Crippen LogP contribution < -0.4 is 0 Å². The first-order valence-corrected chi connectivity index (χ1v) is 6.17. The van der Waals surface area contributed by atoms with E-state index in [0.717, 1.165) is 12.8 Å². The molecule has 0 bridgehead atoms. The molecule has 2 saturated carbocycles. The van der Waals surface area contributed by atoms with Crippen LogP contribution in [-0.2, 0) is 11.3 Å². The second-order valence-electron chi connectivity index (χ2n) is 5.09. The average Bonchev–Trinajstić information content (AvgIpc) is 3.12. The van der Waals surface area contributed by atoms with Crippen LogP contribution in [0.25, 0.3) is 0 Å². The van der Waals surface area contributed by atoms with Crippen LogP contribution in [0.2, 0.25) is 0 Å². The molecule has 2 heteroatoms. The summed E-state index contributed by atoms with van der Waals surface area (Å²) in [5.74, 6) is 0.516. The van der Waals surface area contributed by atoms with Crippen molar-refractivity contribution in [3.05, 3.63) is 35.9 Å². The standard InChI is InChI=1S/C14H18O2/c15-14(12-6-7-12)9-8-13(14)16-10-11-4-2-1-3-5-11/h1-5,12-13,15H,6-10H2. The molecule has 0 saturated heterocycles. The monoisotopic (exact) mass is 218 g/mol. The largest absolute Gasteiger partial charge is 0.387 e. The summed E-state index contributed by atoms with van der Waals surface area (Å²) in [5, 5.41) is 10.4. The summed E-state index contributed by atoms with van der Waals surface area (Å²) in [6, 6.07) is 10.2. The summed E-state index contributed by atoms with van der Waals surface area (Å²) in [6.45, 7) is 0.626. The van der Waals surface area contributed by atoms with Gasteiger partial charge in [-0.2, -0.15) is 0 Å². The Morgan fingerprint density at radius 3 is 2.50 bits per heavy atom. The van der Waals surface area contributed by atoms with E-state index in [1.807, 2.05) is 18.2 Å². The molecule has 16 heavy (non-hydrogen) atoms. The molecule has 2 atom stereocenters. The third kappa shape index (κ3) is 1.76. The molecule has 0 amide bonds. The van der Waals surface area contributed by atoms with Crippen molar-refractivity contribution in [1.82, 2.24) is 0 Å². The lowest BCUT2D eigenvalue weighted by Crippen LogP contribution is -2.54. The molecular formula is C14H18O2. The van der Waals surface area contributed by atoms with Crippen LogP contribution in [-0.4, -0.2) is 16.8 Å². The highest BCUT2D eigenvalue weighted by Gasteiger charge is 2.55. The molecule has 3 rings (SSSR count). The molecule has 0 spiro atoms. The molecule has 2 aliphatic rings. The van der Waals surface area contributed by atoms with E-state index >= 15 is 0 Å². The van der Waals surface area contributed by atoms with Crippen molar-refractivity contribution in [2.45, 2.75) is 44.0 Å². The van der Waals surface area contributed by atoms with Gasteiger partial charge in [0.15, 0.2) is 0 Å².